The van der Waals surface area contributed by atoms with Crippen LogP contribution in [0.1, 0.15) is 19.4 Å². The lowest BCUT2D eigenvalue weighted by Crippen LogP contribution is -2.55. The Morgan fingerprint density at radius 1 is 1.23 bits per heavy atom. The molecule has 1 amide bonds. The fourth-order valence-corrected chi connectivity index (χ4v) is 5.47. The van der Waals surface area contributed by atoms with Gasteiger partial charge in [-0.1, -0.05) is 31.5 Å². The zero-order chi connectivity index (χ0) is 19.6. The van der Waals surface area contributed by atoms with Gasteiger partial charge in [0.2, 0.25) is 0 Å². The lowest BCUT2D eigenvalue weighted by molar-refractivity contribution is -0.150. The van der Waals surface area contributed by atoms with E-state index in [-0.39, 0.29) is 10.8 Å². The van der Waals surface area contributed by atoms with Gasteiger partial charge in [0.15, 0.2) is 6.04 Å². The Hall–Kier alpha value is -1.80. The van der Waals surface area contributed by atoms with Crippen molar-refractivity contribution >= 4 is 33.7 Å². The van der Waals surface area contributed by atoms with Gasteiger partial charge in [0.05, 0.1) is 12.0 Å². The first kappa shape index (κ1) is 20.5. The molecule has 0 saturated carbocycles. The van der Waals surface area contributed by atoms with Crippen molar-refractivity contribution in [3.8, 4) is 0 Å². The number of nitrogens with zero attached hydrogens (tertiary/aromatic N) is 1. The Balaban J connectivity index is 2.66. The highest BCUT2D eigenvalue weighted by atomic mass is 32.2. The maximum Gasteiger partial charge on any atom is 0.330 e. The fourth-order valence-electron chi connectivity index (χ4n) is 3.06. The van der Waals surface area contributed by atoms with Crippen LogP contribution in [0.4, 0.5) is 0 Å². The Morgan fingerprint density at radius 3 is 2.27 bits per heavy atom. The van der Waals surface area contributed by atoms with Crippen LogP contribution in [0.2, 0.25) is 0 Å². The molecule has 0 aromatic heterocycles. The van der Waals surface area contributed by atoms with Crippen LogP contribution in [0.15, 0.2) is 40.1 Å². The molecule has 0 saturated heterocycles. The van der Waals surface area contributed by atoms with Crippen molar-refractivity contribution in [2.75, 3.05) is 13.4 Å². The van der Waals surface area contributed by atoms with Gasteiger partial charge in [-0.05, 0) is 36.1 Å². The van der Waals surface area contributed by atoms with Gasteiger partial charge in [-0.2, -0.15) is 0 Å². The van der Waals surface area contributed by atoms with Gasteiger partial charge in [0.25, 0.3) is 15.9 Å². The monoisotopic (exact) mass is 397 g/mol. The molecular weight excluding hydrogens is 374 g/mol. The molecule has 0 spiro atoms. The first-order valence-electron chi connectivity index (χ1n) is 8.13. The molecule has 2 atom stereocenters. The van der Waals surface area contributed by atoms with Crippen molar-refractivity contribution in [3.63, 3.8) is 0 Å². The van der Waals surface area contributed by atoms with Gasteiger partial charge >= 0.3 is 5.97 Å². The van der Waals surface area contributed by atoms with Crippen LogP contribution in [0.3, 0.4) is 0 Å². The number of thioether (sulfide) groups is 1. The number of hydrogen-bond acceptors (Lipinski definition) is 6. The fraction of sp³-hybridized carbons (Fsp3) is 0.444. The van der Waals surface area contributed by atoms with Gasteiger partial charge in [0, 0.05) is 12.0 Å². The smallest absolute Gasteiger partial charge is 0.330 e. The molecule has 0 aliphatic carbocycles. The summed E-state index contributed by atoms with van der Waals surface area (Å²) in [6.45, 7) is 5.61. The van der Waals surface area contributed by atoms with Gasteiger partial charge < -0.3 is 4.74 Å². The van der Waals surface area contributed by atoms with Crippen LogP contribution >= 0.6 is 11.8 Å². The van der Waals surface area contributed by atoms with Crippen LogP contribution < -0.4 is 0 Å². The highest BCUT2D eigenvalue weighted by Crippen LogP contribution is 2.39. The lowest BCUT2D eigenvalue weighted by Gasteiger charge is -2.39. The molecule has 1 aromatic rings. The van der Waals surface area contributed by atoms with Gasteiger partial charge in [-0.3, -0.25) is 4.79 Å². The number of sulfonamides is 1. The number of hydrogen-bond donors (Lipinski definition) is 0. The molecule has 0 bridgehead atoms. The van der Waals surface area contributed by atoms with E-state index in [0.29, 0.717) is 9.21 Å². The number of ether oxygens (including phenoxy) is 1. The summed E-state index contributed by atoms with van der Waals surface area (Å²) >= 11 is 1.34. The first-order chi connectivity index (χ1) is 12.1. The molecule has 1 aromatic carbocycles. The summed E-state index contributed by atoms with van der Waals surface area (Å²) in [6, 6.07) is 4.94. The standard InChI is InChI=1S/C18H23NO5S2/c1-11(2)16-14(25-5)10-15(20)19(17(16)18(21)24-4)26(22,23)13-8-6-12(3)7-9-13/h6-11,16-17H,1-5H3/t16-,17-/m1/s1. The molecule has 26 heavy (non-hydrogen) atoms. The molecule has 0 radical (unpaired) electrons. The minimum atomic E-state index is -4.20. The molecule has 1 heterocycles. The normalized spacial score (nSPS) is 20.9. The molecule has 142 valence electrons. The Labute approximate surface area is 158 Å². The number of benzene rings is 1. The average molecular weight is 398 g/mol. The third-order valence-electron chi connectivity index (χ3n) is 4.38. The zero-order valence-corrected chi connectivity index (χ0v) is 17.1. The molecule has 1 aliphatic heterocycles. The number of carbonyl (C=O) groups is 2. The Kier molecular flexibility index (Phi) is 6.18. The summed E-state index contributed by atoms with van der Waals surface area (Å²) in [5.74, 6) is -2.01. The van der Waals surface area contributed by atoms with E-state index in [4.69, 9.17) is 4.74 Å². The average Bonchev–Trinajstić information content (AvgIpc) is 2.59. The quantitative estimate of drug-likeness (QED) is 0.711. The minimum Gasteiger partial charge on any atom is -0.467 e. The van der Waals surface area contributed by atoms with E-state index >= 15 is 0 Å². The van der Waals surface area contributed by atoms with E-state index in [1.54, 1.807) is 18.4 Å². The van der Waals surface area contributed by atoms with E-state index in [1.807, 2.05) is 20.8 Å². The van der Waals surface area contributed by atoms with Crippen LogP contribution in [0.25, 0.3) is 0 Å². The van der Waals surface area contributed by atoms with Crippen molar-refractivity contribution in [2.24, 2.45) is 11.8 Å². The number of rotatable bonds is 5. The van der Waals surface area contributed by atoms with Gasteiger partial charge in [-0.25, -0.2) is 17.5 Å². The molecule has 0 fully saturated rings. The van der Waals surface area contributed by atoms with E-state index in [2.05, 4.69) is 0 Å². The molecule has 0 unspecified atom stereocenters. The molecule has 8 heteroatoms. The summed E-state index contributed by atoms with van der Waals surface area (Å²) in [5.41, 5.74) is 0.892. The summed E-state index contributed by atoms with van der Waals surface area (Å²) in [5, 5.41) is 0. The maximum atomic E-state index is 13.2. The second kappa shape index (κ2) is 7.84. The van der Waals surface area contributed by atoms with Crippen LogP contribution in [-0.2, 0) is 24.3 Å². The third kappa shape index (κ3) is 3.66. The lowest BCUT2D eigenvalue weighted by atomic mass is 9.85. The van der Waals surface area contributed by atoms with Crippen molar-refractivity contribution in [1.82, 2.24) is 4.31 Å². The number of methoxy groups -OCH3 is 1. The SMILES string of the molecule is COC(=O)[C@H]1[C@H](C(C)C)C(SC)=CC(=O)N1S(=O)(=O)c1ccc(C)cc1. The first-order valence-corrected chi connectivity index (χ1v) is 10.8. The molecule has 1 aliphatic rings. The molecule has 6 nitrogen and oxygen atoms in total. The zero-order valence-electron chi connectivity index (χ0n) is 15.4. The Bertz CT molecular complexity index is 828. The minimum absolute atomic E-state index is 0.0335. The van der Waals surface area contributed by atoms with Crippen LogP contribution in [0, 0.1) is 18.8 Å². The summed E-state index contributed by atoms with van der Waals surface area (Å²) in [4.78, 5) is 25.9. The predicted octanol–water partition coefficient (Wildman–Crippen LogP) is 2.59. The Morgan fingerprint density at radius 2 is 1.81 bits per heavy atom. The van der Waals surface area contributed by atoms with Crippen molar-refractivity contribution in [1.29, 1.82) is 0 Å². The number of esters is 1. The predicted molar refractivity (Wildman–Crippen MR) is 101 cm³/mol. The number of aryl methyl sites for hydroxylation is 1. The second-order valence-corrected chi connectivity index (χ2v) is 9.14. The molecule has 0 N–H and O–H groups in total. The van der Waals surface area contributed by atoms with E-state index in [0.717, 1.165) is 5.56 Å². The summed E-state index contributed by atoms with van der Waals surface area (Å²) in [7, 11) is -3.01. The van der Waals surface area contributed by atoms with Crippen molar-refractivity contribution < 1.29 is 22.7 Å². The third-order valence-corrected chi connectivity index (χ3v) is 7.03. The summed E-state index contributed by atoms with van der Waals surface area (Å²) < 4.78 is 31.9. The number of amides is 1. The van der Waals surface area contributed by atoms with E-state index < -0.39 is 33.9 Å². The van der Waals surface area contributed by atoms with Crippen molar-refractivity contribution in [2.45, 2.75) is 31.7 Å². The topological polar surface area (TPSA) is 80.8 Å². The van der Waals surface area contributed by atoms with Crippen LogP contribution in [0.5, 0.6) is 0 Å². The molecular formula is C18H23NO5S2. The molecule has 2 rings (SSSR count). The highest BCUT2D eigenvalue weighted by molar-refractivity contribution is 8.02. The maximum absolute atomic E-state index is 13.2. The van der Waals surface area contributed by atoms with Gasteiger partial charge in [0.1, 0.15) is 0 Å². The van der Waals surface area contributed by atoms with Crippen molar-refractivity contribution in [3.05, 3.63) is 40.8 Å². The summed E-state index contributed by atoms with van der Waals surface area (Å²) in [6.07, 6.45) is 3.10. The largest absolute Gasteiger partial charge is 0.467 e. The second-order valence-electron chi connectivity index (χ2n) is 6.44. The van der Waals surface area contributed by atoms with E-state index in [1.165, 1.54) is 37.1 Å². The highest BCUT2D eigenvalue weighted by Gasteiger charge is 2.49. The van der Waals surface area contributed by atoms with Crippen LogP contribution in [-0.4, -0.2) is 44.0 Å². The van der Waals surface area contributed by atoms with Gasteiger partial charge in [-0.15, -0.1) is 11.8 Å². The van der Waals surface area contributed by atoms with E-state index in [9.17, 15) is 18.0 Å². The number of carbonyl (C=O) groups excluding carboxylic acids is 2.